The van der Waals surface area contributed by atoms with E-state index in [2.05, 4.69) is 17.2 Å². The van der Waals surface area contributed by atoms with Crippen molar-refractivity contribution in [3.8, 4) is 17.0 Å². The molecule has 8 nitrogen and oxygen atoms in total. The second kappa shape index (κ2) is 8.66. The molecule has 0 aliphatic carbocycles. The third kappa shape index (κ3) is 4.69. The number of hydrogen-bond acceptors (Lipinski definition) is 5. The summed E-state index contributed by atoms with van der Waals surface area (Å²) in [5.41, 5.74) is 4.07. The van der Waals surface area contributed by atoms with E-state index in [0.717, 1.165) is 17.7 Å². The van der Waals surface area contributed by atoms with E-state index in [1.807, 2.05) is 36.4 Å². The number of benzene rings is 2. The Hall–Kier alpha value is -4.20. The number of amides is 1. The minimum Gasteiger partial charge on any atom is -0.484 e. The largest absolute Gasteiger partial charge is 0.484 e. The summed E-state index contributed by atoms with van der Waals surface area (Å²) in [7, 11) is 0. The van der Waals surface area contributed by atoms with Crippen LogP contribution in [0.5, 0.6) is 5.75 Å². The molecule has 31 heavy (non-hydrogen) atoms. The van der Waals surface area contributed by atoms with E-state index >= 15 is 0 Å². The molecule has 0 radical (unpaired) electrons. The summed E-state index contributed by atoms with van der Waals surface area (Å²) >= 11 is 0. The van der Waals surface area contributed by atoms with Gasteiger partial charge in [-0.05, 0) is 54.4 Å². The molecular formula is C23H20N4O4. The molecule has 156 valence electrons. The number of aromatic nitrogens is 2. The number of ether oxygens (including phenoxy) is 1. The first-order chi connectivity index (χ1) is 15.0. The van der Waals surface area contributed by atoms with E-state index in [4.69, 9.17) is 4.74 Å². The van der Waals surface area contributed by atoms with Crippen LogP contribution in [0.1, 0.15) is 12.5 Å². The van der Waals surface area contributed by atoms with Crippen LogP contribution >= 0.6 is 0 Å². The number of nitrogens with zero attached hydrogens (tertiary/aromatic N) is 3. The third-order valence-electron chi connectivity index (χ3n) is 4.81. The van der Waals surface area contributed by atoms with Crippen molar-refractivity contribution in [2.24, 2.45) is 0 Å². The summed E-state index contributed by atoms with van der Waals surface area (Å²) in [6.07, 6.45) is 4.11. The topological polar surface area (TPSA) is 98.8 Å². The fourth-order valence-corrected chi connectivity index (χ4v) is 3.12. The predicted octanol–water partition coefficient (Wildman–Crippen LogP) is 4.49. The van der Waals surface area contributed by atoms with Gasteiger partial charge in [-0.2, -0.15) is 0 Å². The van der Waals surface area contributed by atoms with Crippen LogP contribution in [0.4, 0.5) is 11.4 Å². The number of pyridine rings is 1. The molecule has 4 aromatic rings. The summed E-state index contributed by atoms with van der Waals surface area (Å²) < 4.78 is 7.18. The van der Waals surface area contributed by atoms with E-state index in [1.54, 1.807) is 28.8 Å². The highest BCUT2D eigenvalue weighted by Crippen LogP contribution is 2.23. The Kier molecular flexibility index (Phi) is 5.61. The van der Waals surface area contributed by atoms with Crippen molar-refractivity contribution in [1.82, 2.24) is 9.38 Å². The van der Waals surface area contributed by atoms with Gasteiger partial charge in [0.2, 0.25) is 0 Å². The van der Waals surface area contributed by atoms with Gasteiger partial charge in [-0.1, -0.05) is 19.1 Å². The summed E-state index contributed by atoms with van der Waals surface area (Å²) in [5.74, 6) is 0.315. The number of anilines is 1. The van der Waals surface area contributed by atoms with Gasteiger partial charge in [-0.25, -0.2) is 4.98 Å². The van der Waals surface area contributed by atoms with Crippen LogP contribution in [0.25, 0.3) is 16.9 Å². The van der Waals surface area contributed by atoms with Gasteiger partial charge >= 0.3 is 0 Å². The maximum atomic E-state index is 12.1. The summed E-state index contributed by atoms with van der Waals surface area (Å²) in [6.45, 7) is 1.97. The lowest BCUT2D eigenvalue weighted by Gasteiger charge is -2.08. The number of nitro groups is 1. The molecule has 1 amide bonds. The second-order valence-electron chi connectivity index (χ2n) is 6.95. The molecule has 0 saturated carbocycles. The molecule has 0 saturated heterocycles. The van der Waals surface area contributed by atoms with E-state index in [-0.39, 0.29) is 18.2 Å². The summed E-state index contributed by atoms with van der Waals surface area (Å²) in [5, 5.41) is 13.7. The lowest BCUT2D eigenvalue weighted by molar-refractivity contribution is -0.385. The lowest BCUT2D eigenvalue weighted by Crippen LogP contribution is -2.20. The molecule has 0 spiro atoms. The van der Waals surface area contributed by atoms with Crippen LogP contribution in [-0.4, -0.2) is 26.8 Å². The Balaban J connectivity index is 1.38. The summed E-state index contributed by atoms with van der Waals surface area (Å²) in [6, 6.07) is 17.9. The molecule has 1 N–H and O–H groups in total. The standard InChI is InChI=1S/C23H20N4O4/c1-2-16-3-7-18(8-4-16)24-23(28)15-31-20-10-5-17(6-11-20)21-14-26-13-19(27(29)30)9-12-22(26)25-21/h3-14H,2,15H2,1H3,(H,24,28). The van der Waals surface area contributed by atoms with Crippen LogP contribution in [0.15, 0.2) is 73.1 Å². The smallest absolute Gasteiger partial charge is 0.286 e. The molecule has 0 bridgehead atoms. The highest BCUT2D eigenvalue weighted by Gasteiger charge is 2.10. The normalized spacial score (nSPS) is 10.7. The first-order valence-electron chi connectivity index (χ1n) is 9.77. The number of aryl methyl sites for hydroxylation is 1. The van der Waals surface area contributed by atoms with Crippen LogP contribution in [0.2, 0.25) is 0 Å². The van der Waals surface area contributed by atoms with Crippen molar-refractivity contribution < 1.29 is 14.5 Å². The molecule has 0 aliphatic rings. The van der Waals surface area contributed by atoms with Crippen molar-refractivity contribution in [1.29, 1.82) is 0 Å². The lowest BCUT2D eigenvalue weighted by atomic mass is 10.1. The first kappa shape index (κ1) is 20.1. The number of imidazole rings is 1. The molecule has 2 aromatic carbocycles. The molecule has 0 unspecified atom stereocenters. The van der Waals surface area contributed by atoms with Crippen molar-refractivity contribution in [2.45, 2.75) is 13.3 Å². The average Bonchev–Trinajstić information content (AvgIpc) is 3.22. The Morgan fingerprint density at radius 1 is 1.06 bits per heavy atom. The zero-order valence-corrected chi connectivity index (χ0v) is 16.8. The highest BCUT2D eigenvalue weighted by molar-refractivity contribution is 5.91. The molecule has 2 heterocycles. The first-order valence-corrected chi connectivity index (χ1v) is 9.77. The van der Waals surface area contributed by atoms with Crippen LogP contribution in [0, 0.1) is 10.1 Å². The van der Waals surface area contributed by atoms with Gasteiger partial charge < -0.3 is 10.1 Å². The Morgan fingerprint density at radius 2 is 1.81 bits per heavy atom. The molecule has 0 fully saturated rings. The average molecular weight is 416 g/mol. The number of rotatable bonds is 7. The summed E-state index contributed by atoms with van der Waals surface area (Å²) in [4.78, 5) is 27.1. The number of carbonyl (C=O) groups excluding carboxylic acids is 1. The zero-order chi connectivity index (χ0) is 21.8. The molecule has 0 aliphatic heterocycles. The fourth-order valence-electron chi connectivity index (χ4n) is 3.12. The SMILES string of the molecule is CCc1ccc(NC(=O)COc2ccc(-c3cn4cc([N+](=O)[O-])ccc4n3)cc2)cc1. The van der Waals surface area contributed by atoms with Crippen LogP contribution in [0.3, 0.4) is 0 Å². The number of hydrogen-bond donors (Lipinski definition) is 1. The van der Waals surface area contributed by atoms with E-state index in [9.17, 15) is 14.9 Å². The van der Waals surface area contributed by atoms with Crippen LogP contribution < -0.4 is 10.1 Å². The van der Waals surface area contributed by atoms with E-state index in [1.165, 1.54) is 17.8 Å². The van der Waals surface area contributed by atoms with Gasteiger partial charge in [-0.3, -0.25) is 19.3 Å². The van der Waals surface area contributed by atoms with E-state index < -0.39 is 4.92 Å². The van der Waals surface area contributed by atoms with Crippen molar-refractivity contribution in [3.05, 3.63) is 88.7 Å². The maximum absolute atomic E-state index is 12.1. The Bertz CT molecular complexity index is 1230. The quantitative estimate of drug-likeness (QED) is 0.354. The molecule has 8 heteroatoms. The monoisotopic (exact) mass is 416 g/mol. The van der Waals surface area contributed by atoms with Gasteiger partial charge in [-0.15, -0.1) is 0 Å². The number of nitrogens with one attached hydrogen (secondary N) is 1. The fraction of sp³-hybridized carbons (Fsp3) is 0.130. The minimum absolute atomic E-state index is 0.000203. The van der Waals surface area contributed by atoms with Crippen molar-refractivity contribution in [3.63, 3.8) is 0 Å². The maximum Gasteiger partial charge on any atom is 0.286 e. The minimum atomic E-state index is -0.443. The Morgan fingerprint density at radius 3 is 2.48 bits per heavy atom. The van der Waals surface area contributed by atoms with Gasteiger partial charge in [0.25, 0.3) is 11.6 Å². The molecule has 2 aromatic heterocycles. The van der Waals surface area contributed by atoms with Gasteiger partial charge in [0, 0.05) is 23.5 Å². The highest BCUT2D eigenvalue weighted by atomic mass is 16.6. The van der Waals surface area contributed by atoms with Crippen LogP contribution in [-0.2, 0) is 11.2 Å². The van der Waals surface area contributed by atoms with Gasteiger partial charge in [0.1, 0.15) is 11.4 Å². The molecule has 4 rings (SSSR count). The number of carbonyl (C=O) groups is 1. The van der Waals surface area contributed by atoms with Crippen molar-refractivity contribution >= 4 is 22.9 Å². The number of fused-ring (bicyclic) bond motifs is 1. The van der Waals surface area contributed by atoms with E-state index in [0.29, 0.717) is 17.1 Å². The van der Waals surface area contributed by atoms with Crippen molar-refractivity contribution in [2.75, 3.05) is 11.9 Å². The van der Waals surface area contributed by atoms with Gasteiger partial charge in [0.15, 0.2) is 6.61 Å². The molecule has 0 atom stereocenters. The molecular weight excluding hydrogens is 396 g/mol. The second-order valence-corrected chi connectivity index (χ2v) is 6.95. The predicted molar refractivity (Wildman–Crippen MR) is 117 cm³/mol. The van der Waals surface area contributed by atoms with Gasteiger partial charge in [0.05, 0.1) is 16.8 Å². The Labute approximate surface area is 178 Å². The zero-order valence-electron chi connectivity index (χ0n) is 16.8. The third-order valence-corrected chi connectivity index (χ3v) is 4.81.